The minimum absolute atomic E-state index is 0.101. The molecule has 7 nitrogen and oxygen atoms in total. The number of halogens is 1. The number of hydrogen-bond acceptors (Lipinski definition) is 4. The second kappa shape index (κ2) is 10.1. The summed E-state index contributed by atoms with van der Waals surface area (Å²) in [6.45, 7) is 7.52. The second-order valence-corrected chi connectivity index (χ2v) is 7.78. The van der Waals surface area contributed by atoms with E-state index in [4.69, 9.17) is 21.4 Å². The van der Waals surface area contributed by atoms with Gasteiger partial charge >= 0.3 is 5.97 Å². The van der Waals surface area contributed by atoms with Gasteiger partial charge in [0.1, 0.15) is 18.8 Å². The van der Waals surface area contributed by atoms with Gasteiger partial charge in [0.25, 0.3) is 0 Å². The summed E-state index contributed by atoms with van der Waals surface area (Å²) in [5.41, 5.74) is 3.47. The zero-order valence-electron chi connectivity index (χ0n) is 17.3. The third-order valence-corrected chi connectivity index (χ3v) is 4.41. The van der Waals surface area contributed by atoms with Crippen LogP contribution in [-0.2, 0) is 21.0 Å². The molecule has 2 amide bonds. The zero-order chi connectivity index (χ0) is 22.4. The molecule has 0 saturated carbocycles. The topological polar surface area (TPSA) is 105 Å². The first-order valence-corrected chi connectivity index (χ1v) is 9.79. The van der Waals surface area contributed by atoms with Crippen molar-refractivity contribution in [2.75, 3.05) is 10.6 Å². The molecule has 0 fully saturated rings. The van der Waals surface area contributed by atoms with E-state index in [9.17, 15) is 14.4 Å². The molecule has 160 valence electrons. The lowest BCUT2D eigenvalue weighted by Gasteiger charge is -2.15. The highest BCUT2D eigenvalue weighted by Gasteiger charge is 2.12. The third-order valence-electron chi connectivity index (χ3n) is 4.19. The Kier molecular flexibility index (Phi) is 7.83. The van der Waals surface area contributed by atoms with Gasteiger partial charge in [-0.1, -0.05) is 25.4 Å². The predicted molar refractivity (Wildman–Crippen MR) is 116 cm³/mol. The van der Waals surface area contributed by atoms with Crippen LogP contribution in [0.4, 0.5) is 11.4 Å². The number of nitrogens with one attached hydrogen (secondary N) is 2. The summed E-state index contributed by atoms with van der Waals surface area (Å²) in [5.74, 6) is -1.38. The van der Waals surface area contributed by atoms with E-state index in [1.165, 1.54) is 0 Å². The van der Waals surface area contributed by atoms with Crippen LogP contribution in [0.25, 0.3) is 0 Å². The van der Waals surface area contributed by atoms with Crippen molar-refractivity contribution in [2.24, 2.45) is 5.92 Å². The van der Waals surface area contributed by atoms with Crippen molar-refractivity contribution in [1.82, 2.24) is 0 Å². The van der Waals surface area contributed by atoms with E-state index in [0.717, 1.165) is 16.7 Å². The molecule has 0 aliphatic heterocycles. The molecule has 0 heterocycles. The van der Waals surface area contributed by atoms with Crippen molar-refractivity contribution < 1.29 is 24.2 Å². The number of carboxylic acid groups (broad SMARTS) is 1. The SMILES string of the molecule is Cc1cc(NC(=O)CC(=O)O)cc(C)c1OCc1cc(Cl)cc(NC(=O)C(C)C)c1. The molecule has 0 spiro atoms. The van der Waals surface area contributed by atoms with Gasteiger partial charge < -0.3 is 20.5 Å². The van der Waals surface area contributed by atoms with Crippen LogP contribution in [0.1, 0.15) is 37.0 Å². The van der Waals surface area contributed by atoms with Crippen LogP contribution in [0.3, 0.4) is 0 Å². The minimum Gasteiger partial charge on any atom is -0.488 e. The number of ether oxygens (including phenoxy) is 1. The van der Waals surface area contributed by atoms with E-state index in [2.05, 4.69) is 10.6 Å². The van der Waals surface area contributed by atoms with Gasteiger partial charge in [0.05, 0.1) is 0 Å². The number of aryl methyl sites for hydroxylation is 2. The van der Waals surface area contributed by atoms with Crippen LogP contribution in [-0.4, -0.2) is 22.9 Å². The molecule has 3 N–H and O–H groups in total. The maximum absolute atomic E-state index is 11.9. The van der Waals surface area contributed by atoms with E-state index in [1.54, 1.807) is 30.3 Å². The summed E-state index contributed by atoms with van der Waals surface area (Å²) in [6.07, 6.45) is -0.596. The lowest BCUT2D eigenvalue weighted by Crippen LogP contribution is -2.17. The van der Waals surface area contributed by atoms with Crippen LogP contribution < -0.4 is 15.4 Å². The monoisotopic (exact) mass is 432 g/mol. The number of hydrogen-bond donors (Lipinski definition) is 3. The first-order valence-electron chi connectivity index (χ1n) is 9.41. The van der Waals surface area contributed by atoms with E-state index < -0.39 is 18.3 Å². The van der Waals surface area contributed by atoms with Crippen molar-refractivity contribution in [3.63, 3.8) is 0 Å². The molecule has 0 unspecified atom stereocenters. The molecule has 2 rings (SSSR count). The normalized spacial score (nSPS) is 10.6. The van der Waals surface area contributed by atoms with Crippen molar-refractivity contribution in [2.45, 2.75) is 40.7 Å². The molecule has 0 aliphatic carbocycles. The summed E-state index contributed by atoms with van der Waals surface area (Å²) in [7, 11) is 0. The van der Waals surface area contributed by atoms with Crippen molar-refractivity contribution in [3.05, 3.63) is 52.0 Å². The smallest absolute Gasteiger partial charge is 0.312 e. The first-order chi connectivity index (χ1) is 14.0. The van der Waals surface area contributed by atoms with E-state index in [0.29, 0.717) is 22.1 Å². The summed E-state index contributed by atoms with van der Waals surface area (Å²) in [4.78, 5) is 34.2. The highest BCUT2D eigenvalue weighted by Crippen LogP contribution is 2.29. The highest BCUT2D eigenvalue weighted by atomic mass is 35.5. The molecule has 0 atom stereocenters. The van der Waals surface area contributed by atoms with Gasteiger partial charge in [-0.2, -0.15) is 0 Å². The van der Waals surface area contributed by atoms with Crippen molar-refractivity contribution >= 4 is 40.8 Å². The second-order valence-electron chi connectivity index (χ2n) is 7.34. The molecule has 0 radical (unpaired) electrons. The average Bonchev–Trinajstić information content (AvgIpc) is 2.59. The summed E-state index contributed by atoms with van der Waals surface area (Å²) >= 11 is 6.17. The number of amides is 2. The van der Waals surface area contributed by atoms with Gasteiger partial charge in [0, 0.05) is 22.3 Å². The predicted octanol–water partition coefficient (Wildman–Crippen LogP) is 4.54. The van der Waals surface area contributed by atoms with Crippen LogP contribution in [0.5, 0.6) is 5.75 Å². The van der Waals surface area contributed by atoms with Gasteiger partial charge in [-0.15, -0.1) is 0 Å². The van der Waals surface area contributed by atoms with Gasteiger partial charge in [0.15, 0.2) is 0 Å². The van der Waals surface area contributed by atoms with Crippen LogP contribution >= 0.6 is 11.6 Å². The Hall–Kier alpha value is -3.06. The largest absolute Gasteiger partial charge is 0.488 e. The Morgan fingerprint density at radius 2 is 1.60 bits per heavy atom. The lowest BCUT2D eigenvalue weighted by molar-refractivity contribution is -0.139. The first kappa shape index (κ1) is 23.2. The molecule has 30 heavy (non-hydrogen) atoms. The fourth-order valence-electron chi connectivity index (χ4n) is 2.84. The van der Waals surface area contributed by atoms with Crippen LogP contribution in [0.2, 0.25) is 5.02 Å². The van der Waals surface area contributed by atoms with Crippen LogP contribution in [0.15, 0.2) is 30.3 Å². The fourth-order valence-corrected chi connectivity index (χ4v) is 3.10. The summed E-state index contributed by atoms with van der Waals surface area (Å²) in [5, 5.41) is 14.6. The number of anilines is 2. The van der Waals surface area contributed by atoms with Gasteiger partial charge in [-0.25, -0.2) is 0 Å². The molecule has 8 heteroatoms. The highest BCUT2D eigenvalue weighted by molar-refractivity contribution is 6.31. The average molecular weight is 433 g/mol. The Bertz CT molecular complexity index is 949. The number of aliphatic carboxylic acids is 1. The molecule has 2 aromatic carbocycles. The zero-order valence-corrected chi connectivity index (χ0v) is 18.1. The maximum atomic E-state index is 11.9. The van der Waals surface area contributed by atoms with Gasteiger partial charge in [-0.05, 0) is 60.9 Å². The lowest BCUT2D eigenvalue weighted by atomic mass is 10.1. The number of rotatable bonds is 8. The third kappa shape index (κ3) is 6.77. The Balaban J connectivity index is 2.12. The van der Waals surface area contributed by atoms with Crippen molar-refractivity contribution in [3.8, 4) is 5.75 Å². The molecule has 0 bridgehead atoms. The summed E-state index contributed by atoms with van der Waals surface area (Å²) in [6, 6.07) is 8.67. The Morgan fingerprint density at radius 1 is 1.00 bits per heavy atom. The quantitative estimate of drug-likeness (QED) is 0.531. The maximum Gasteiger partial charge on any atom is 0.312 e. The van der Waals surface area contributed by atoms with Crippen molar-refractivity contribution in [1.29, 1.82) is 0 Å². The molecular formula is C22H25ClN2O5. The molecular weight excluding hydrogens is 408 g/mol. The van der Waals surface area contributed by atoms with E-state index in [1.807, 2.05) is 27.7 Å². The summed E-state index contributed by atoms with van der Waals surface area (Å²) < 4.78 is 5.96. The molecule has 0 saturated heterocycles. The number of carbonyl (C=O) groups excluding carboxylic acids is 2. The fraction of sp³-hybridized carbons (Fsp3) is 0.318. The molecule has 0 aromatic heterocycles. The van der Waals surface area contributed by atoms with E-state index in [-0.39, 0.29) is 18.4 Å². The number of carbonyl (C=O) groups is 3. The Morgan fingerprint density at radius 3 is 2.17 bits per heavy atom. The number of carboxylic acids is 1. The molecule has 2 aromatic rings. The van der Waals surface area contributed by atoms with Crippen LogP contribution in [0, 0.1) is 19.8 Å². The van der Waals surface area contributed by atoms with Gasteiger partial charge in [0.2, 0.25) is 11.8 Å². The Labute approximate surface area is 180 Å². The number of benzene rings is 2. The molecule has 0 aliphatic rings. The van der Waals surface area contributed by atoms with Gasteiger partial charge in [-0.3, -0.25) is 14.4 Å². The van der Waals surface area contributed by atoms with E-state index >= 15 is 0 Å². The minimum atomic E-state index is -1.19. The standard InChI is InChI=1S/C22H25ClN2O5/c1-12(2)22(29)25-18-8-15(7-16(23)9-18)11-30-21-13(3)5-17(6-14(21)4)24-19(26)10-20(27)28/h5-9,12H,10-11H2,1-4H3,(H,24,26)(H,25,29)(H,27,28).